The maximum absolute atomic E-state index is 13.8. The molecule has 0 aliphatic rings. The van der Waals surface area contributed by atoms with Gasteiger partial charge in [-0.15, -0.1) is 16.4 Å². The summed E-state index contributed by atoms with van der Waals surface area (Å²) >= 11 is 13.7. The predicted octanol–water partition coefficient (Wildman–Crippen LogP) is 5.15. The Morgan fingerprint density at radius 3 is 2.67 bits per heavy atom. The van der Waals surface area contributed by atoms with Gasteiger partial charge in [0.25, 0.3) is 11.9 Å². The number of H-pyrrole nitrogens is 1. The minimum atomic E-state index is -0.340. The number of nitrogens with zero attached hydrogens (tertiary/aromatic N) is 6. The molecular weight excluding hydrogens is 485 g/mol. The van der Waals surface area contributed by atoms with Gasteiger partial charge in [-0.1, -0.05) is 41.6 Å². The fourth-order valence-electron chi connectivity index (χ4n) is 3.42. The summed E-state index contributed by atoms with van der Waals surface area (Å²) in [6, 6.07) is 5.17. The van der Waals surface area contributed by atoms with Crippen LogP contribution in [-0.2, 0) is 13.0 Å². The second kappa shape index (κ2) is 9.90. The molecule has 12 heteroatoms. The highest BCUT2D eigenvalue weighted by atomic mass is 35.5. The summed E-state index contributed by atoms with van der Waals surface area (Å²) in [7, 11) is 0. The van der Waals surface area contributed by atoms with E-state index in [2.05, 4.69) is 32.5 Å². The van der Waals surface area contributed by atoms with Crippen molar-refractivity contribution in [1.82, 2.24) is 30.2 Å². The van der Waals surface area contributed by atoms with Crippen molar-refractivity contribution in [3.05, 3.63) is 62.5 Å². The Morgan fingerprint density at radius 2 is 2.06 bits per heavy atom. The molecule has 1 aromatic carbocycles. The third-order valence-electron chi connectivity index (χ3n) is 5.10. The fourth-order valence-corrected chi connectivity index (χ4v) is 4.88. The SMILES string of the molecule is CCCCc1ncc(C(=O)N(c2nn[nH]n2)c2sccc2C)n1Cc1cc(Cl)c(O)c(Cl)c1. The van der Waals surface area contributed by atoms with E-state index < -0.39 is 0 Å². The van der Waals surface area contributed by atoms with Crippen molar-refractivity contribution >= 4 is 51.4 Å². The number of benzene rings is 1. The Balaban J connectivity index is 1.79. The lowest BCUT2D eigenvalue weighted by atomic mass is 10.2. The molecule has 4 rings (SSSR count). The zero-order chi connectivity index (χ0) is 23.5. The summed E-state index contributed by atoms with van der Waals surface area (Å²) in [6.45, 7) is 4.30. The molecule has 1 amide bonds. The van der Waals surface area contributed by atoms with E-state index in [4.69, 9.17) is 23.2 Å². The number of rotatable bonds is 8. The Kier molecular flexibility index (Phi) is 6.96. The van der Waals surface area contributed by atoms with Crippen LogP contribution >= 0.6 is 34.5 Å². The molecule has 0 atom stereocenters. The van der Waals surface area contributed by atoms with Gasteiger partial charge in [-0.3, -0.25) is 4.79 Å². The van der Waals surface area contributed by atoms with Crippen LogP contribution in [-0.4, -0.2) is 41.2 Å². The van der Waals surface area contributed by atoms with Crippen molar-refractivity contribution in [2.24, 2.45) is 0 Å². The molecule has 0 aliphatic carbocycles. The number of tetrazole rings is 1. The molecule has 4 aromatic rings. The highest BCUT2D eigenvalue weighted by Gasteiger charge is 2.29. The number of hydrogen-bond acceptors (Lipinski definition) is 7. The summed E-state index contributed by atoms with van der Waals surface area (Å²) in [5.41, 5.74) is 2.00. The van der Waals surface area contributed by atoms with Crippen LogP contribution in [0.4, 0.5) is 10.9 Å². The topological polar surface area (TPSA) is 113 Å². The van der Waals surface area contributed by atoms with Crippen LogP contribution in [0.3, 0.4) is 0 Å². The number of aromatic hydroxyl groups is 1. The van der Waals surface area contributed by atoms with E-state index in [-0.39, 0.29) is 27.7 Å². The standard InChI is InChI=1S/C21H21Cl2N7O2S/c1-3-4-5-17-24-10-16(29(17)11-13-8-14(22)18(31)15(23)9-13)19(32)30(21-25-27-28-26-21)20-12(2)6-7-33-20/h6-10,31H,3-5,11H2,1-2H3,(H,25,26,27,28). The Labute approximate surface area is 204 Å². The molecule has 33 heavy (non-hydrogen) atoms. The largest absolute Gasteiger partial charge is 0.505 e. The second-order valence-corrected chi connectivity index (χ2v) is 9.13. The summed E-state index contributed by atoms with van der Waals surface area (Å²) in [4.78, 5) is 19.8. The minimum absolute atomic E-state index is 0.142. The van der Waals surface area contributed by atoms with E-state index in [1.165, 1.54) is 16.2 Å². The van der Waals surface area contributed by atoms with Crippen LogP contribution in [0.2, 0.25) is 10.0 Å². The van der Waals surface area contributed by atoms with Crippen molar-refractivity contribution < 1.29 is 9.90 Å². The monoisotopic (exact) mass is 505 g/mol. The third-order valence-corrected chi connectivity index (χ3v) is 6.68. The molecular formula is C21H21Cl2N7O2S. The first-order valence-electron chi connectivity index (χ1n) is 10.2. The number of amides is 1. The number of nitrogens with one attached hydrogen (secondary N) is 1. The predicted molar refractivity (Wildman–Crippen MR) is 128 cm³/mol. The second-order valence-electron chi connectivity index (χ2n) is 7.42. The molecule has 0 fully saturated rings. The summed E-state index contributed by atoms with van der Waals surface area (Å²) in [5, 5.41) is 26.9. The fraction of sp³-hybridized carbons (Fsp3) is 0.286. The number of imidazole rings is 1. The molecule has 0 bridgehead atoms. The molecule has 2 N–H and O–H groups in total. The maximum atomic E-state index is 13.8. The number of anilines is 2. The molecule has 0 spiro atoms. The lowest BCUT2D eigenvalue weighted by Gasteiger charge is -2.19. The zero-order valence-corrected chi connectivity index (χ0v) is 20.2. The van der Waals surface area contributed by atoms with Gasteiger partial charge in [-0.25, -0.2) is 9.88 Å². The zero-order valence-electron chi connectivity index (χ0n) is 17.9. The first-order valence-corrected chi connectivity index (χ1v) is 11.9. The van der Waals surface area contributed by atoms with E-state index in [0.717, 1.165) is 29.8 Å². The van der Waals surface area contributed by atoms with Crippen LogP contribution < -0.4 is 4.90 Å². The number of thiophene rings is 1. The number of aromatic nitrogens is 6. The van der Waals surface area contributed by atoms with Gasteiger partial charge in [0.2, 0.25) is 0 Å². The maximum Gasteiger partial charge on any atom is 0.284 e. The van der Waals surface area contributed by atoms with Gasteiger partial charge in [-0.2, -0.15) is 5.21 Å². The average Bonchev–Trinajstić information content (AvgIpc) is 3.54. The smallest absolute Gasteiger partial charge is 0.284 e. The Hall–Kier alpha value is -2.95. The Morgan fingerprint density at radius 1 is 1.30 bits per heavy atom. The van der Waals surface area contributed by atoms with E-state index >= 15 is 0 Å². The van der Waals surface area contributed by atoms with Crippen molar-refractivity contribution in [2.75, 3.05) is 4.90 Å². The lowest BCUT2D eigenvalue weighted by Crippen LogP contribution is -2.29. The van der Waals surface area contributed by atoms with Gasteiger partial charge < -0.3 is 9.67 Å². The van der Waals surface area contributed by atoms with Crippen LogP contribution in [0.25, 0.3) is 0 Å². The van der Waals surface area contributed by atoms with Gasteiger partial charge in [0.1, 0.15) is 16.5 Å². The van der Waals surface area contributed by atoms with Crippen molar-refractivity contribution in [3.63, 3.8) is 0 Å². The summed E-state index contributed by atoms with van der Waals surface area (Å²) in [6.07, 6.45) is 4.16. The normalized spacial score (nSPS) is 11.2. The number of aryl methyl sites for hydroxylation is 2. The average molecular weight is 506 g/mol. The van der Waals surface area contributed by atoms with Gasteiger partial charge in [-0.05, 0) is 53.3 Å². The molecule has 172 valence electrons. The molecule has 0 saturated heterocycles. The highest BCUT2D eigenvalue weighted by Crippen LogP contribution is 2.35. The number of unbranched alkanes of at least 4 members (excludes halogenated alkanes) is 1. The molecule has 0 unspecified atom stereocenters. The van der Waals surface area contributed by atoms with Crippen LogP contribution in [0.5, 0.6) is 5.75 Å². The number of phenols is 1. The van der Waals surface area contributed by atoms with E-state index in [1.54, 1.807) is 18.3 Å². The third kappa shape index (κ3) is 4.73. The molecule has 3 heterocycles. The first kappa shape index (κ1) is 23.2. The highest BCUT2D eigenvalue weighted by molar-refractivity contribution is 7.14. The number of carbonyl (C=O) groups excluding carboxylic acids is 1. The van der Waals surface area contributed by atoms with Gasteiger partial charge >= 0.3 is 0 Å². The number of carbonyl (C=O) groups is 1. The number of aromatic amines is 1. The van der Waals surface area contributed by atoms with E-state index in [1.807, 2.05) is 22.9 Å². The quantitative estimate of drug-likeness (QED) is 0.342. The van der Waals surface area contributed by atoms with Gasteiger partial charge in [0.15, 0.2) is 5.75 Å². The van der Waals surface area contributed by atoms with Crippen molar-refractivity contribution in [3.8, 4) is 5.75 Å². The number of hydrogen-bond donors (Lipinski definition) is 2. The number of halogens is 2. The summed E-state index contributed by atoms with van der Waals surface area (Å²) < 4.78 is 1.84. The first-order chi connectivity index (χ1) is 15.9. The Bertz CT molecular complexity index is 1250. The molecule has 9 nitrogen and oxygen atoms in total. The molecule has 0 saturated carbocycles. The summed E-state index contributed by atoms with van der Waals surface area (Å²) in [5.74, 6) is 0.389. The van der Waals surface area contributed by atoms with E-state index in [9.17, 15) is 9.90 Å². The van der Waals surface area contributed by atoms with E-state index in [0.29, 0.717) is 23.7 Å². The minimum Gasteiger partial charge on any atom is -0.505 e. The molecule has 0 radical (unpaired) electrons. The van der Waals surface area contributed by atoms with Crippen LogP contribution in [0, 0.1) is 6.92 Å². The lowest BCUT2D eigenvalue weighted by molar-refractivity contribution is 0.0989. The van der Waals surface area contributed by atoms with Crippen molar-refractivity contribution in [1.29, 1.82) is 0 Å². The molecule has 3 aromatic heterocycles. The van der Waals surface area contributed by atoms with Gasteiger partial charge in [0, 0.05) is 13.0 Å². The van der Waals surface area contributed by atoms with Crippen LogP contribution in [0.15, 0.2) is 29.8 Å². The number of phenolic OH excluding ortho intramolecular Hbond substituents is 1. The van der Waals surface area contributed by atoms with Crippen molar-refractivity contribution in [2.45, 2.75) is 39.7 Å². The van der Waals surface area contributed by atoms with Crippen LogP contribution in [0.1, 0.15) is 47.2 Å². The van der Waals surface area contributed by atoms with Gasteiger partial charge in [0.05, 0.1) is 16.2 Å². The molecule has 0 aliphatic heterocycles.